The molecule has 3 unspecified atom stereocenters. The van der Waals surface area contributed by atoms with Crippen LogP contribution in [0.2, 0.25) is 0 Å². The van der Waals surface area contributed by atoms with Gasteiger partial charge in [-0.3, -0.25) is 4.99 Å². The van der Waals surface area contributed by atoms with Gasteiger partial charge in [-0.1, -0.05) is 0 Å². The van der Waals surface area contributed by atoms with E-state index in [4.69, 9.17) is 9.47 Å². The SMILES string of the molecule is CCNC(=NCCNC(=O)OC(C)(C)C)NC1CC2CCC1O2. The quantitative estimate of drug-likeness (QED) is 0.404. The van der Waals surface area contributed by atoms with Gasteiger partial charge in [-0.15, -0.1) is 0 Å². The van der Waals surface area contributed by atoms with Crippen LogP contribution in [0.1, 0.15) is 47.0 Å². The Morgan fingerprint density at radius 1 is 1.30 bits per heavy atom. The summed E-state index contributed by atoms with van der Waals surface area (Å²) in [6, 6.07) is 0.338. The predicted octanol–water partition coefficient (Wildman–Crippen LogP) is 1.39. The van der Waals surface area contributed by atoms with Crippen molar-refractivity contribution in [1.82, 2.24) is 16.0 Å². The molecule has 0 aliphatic carbocycles. The van der Waals surface area contributed by atoms with Crippen LogP contribution in [-0.2, 0) is 9.47 Å². The number of nitrogens with one attached hydrogen (secondary N) is 3. The molecule has 2 fully saturated rings. The molecule has 7 heteroatoms. The topological polar surface area (TPSA) is 84.0 Å². The van der Waals surface area contributed by atoms with Crippen LogP contribution in [0.25, 0.3) is 0 Å². The first kappa shape index (κ1) is 17.8. The third kappa shape index (κ3) is 5.89. The summed E-state index contributed by atoms with van der Waals surface area (Å²) in [5, 5.41) is 9.39. The fourth-order valence-corrected chi connectivity index (χ4v) is 2.93. The number of alkyl carbamates (subject to hydrolysis) is 1. The molecule has 0 aromatic rings. The van der Waals surface area contributed by atoms with Crippen LogP contribution in [0.15, 0.2) is 4.99 Å². The highest BCUT2D eigenvalue weighted by atomic mass is 16.6. The van der Waals surface area contributed by atoms with Gasteiger partial charge in [0, 0.05) is 13.1 Å². The Kier molecular flexibility index (Phi) is 6.10. The van der Waals surface area contributed by atoms with Crippen molar-refractivity contribution >= 4 is 12.1 Å². The molecule has 2 aliphatic rings. The molecular formula is C16H30N4O3. The first-order chi connectivity index (χ1) is 10.9. The van der Waals surface area contributed by atoms with Crippen LogP contribution in [0, 0.1) is 0 Å². The van der Waals surface area contributed by atoms with Gasteiger partial charge in [0.05, 0.1) is 24.8 Å². The summed E-state index contributed by atoms with van der Waals surface area (Å²) in [7, 11) is 0. The average molecular weight is 326 g/mol. The van der Waals surface area contributed by atoms with E-state index in [1.807, 2.05) is 27.7 Å². The van der Waals surface area contributed by atoms with Crippen molar-refractivity contribution in [3.8, 4) is 0 Å². The van der Waals surface area contributed by atoms with E-state index >= 15 is 0 Å². The van der Waals surface area contributed by atoms with Gasteiger partial charge in [-0.2, -0.15) is 0 Å². The molecule has 0 saturated carbocycles. The first-order valence-electron chi connectivity index (χ1n) is 8.54. The van der Waals surface area contributed by atoms with Gasteiger partial charge in [0.25, 0.3) is 0 Å². The van der Waals surface area contributed by atoms with Crippen molar-refractivity contribution in [2.75, 3.05) is 19.6 Å². The molecule has 0 spiro atoms. The van der Waals surface area contributed by atoms with Crippen LogP contribution in [0.3, 0.4) is 0 Å². The maximum atomic E-state index is 11.6. The summed E-state index contributed by atoms with van der Waals surface area (Å²) in [6.07, 6.45) is 3.66. The molecule has 0 aromatic heterocycles. The molecule has 2 rings (SSSR count). The van der Waals surface area contributed by atoms with E-state index < -0.39 is 11.7 Å². The van der Waals surface area contributed by atoms with Crippen LogP contribution >= 0.6 is 0 Å². The van der Waals surface area contributed by atoms with E-state index in [0.29, 0.717) is 31.3 Å². The fraction of sp³-hybridized carbons (Fsp3) is 0.875. The molecule has 2 bridgehead atoms. The maximum absolute atomic E-state index is 11.6. The second-order valence-electron chi connectivity index (χ2n) is 7.05. The molecule has 2 aliphatic heterocycles. The molecule has 2 saturated heterocycles. The number of carbonyl (C=O) groups is 1. The zero-order valence-corrected chi connectivity index (χ0v) is 14.6. The lowest BCUT2D eigenvalue weighted by atomic mass is 9.96. The normalized spacial score (nSPS) is 27.0. The summed E-state index contributed by atoms with van der Waals surface area (Å²) < 4.78 is 11.0. The van der Waals surface area contributed by atoms with Crippen molar-refractivity contribution in [2.45, 2.75) is 70.8 Å². The number of hydrogen-bond donors (Lipinski definition) is 3. The van der Waals surface area contributed by atoms with Crippen LogP contribution in [0.4, 0.5) is 4.79 Å². The smallest absolute Gasteiger partial charge is 0.407 e. The molecular weight excluding hydrogens is 296 g/mol. The Balaban J connectivity index is 1.72. The minimum absolute atomic E-state index is 0.309. The van der Waals surface area contributed by atoms with Gasteiger partial charge in [-0.05, 0) is 47.0 Å². The van der Waals surface area contributed by atoms with E-state index in [1.54, 1.807) is 0 Å². The van der Waals surface area contributed by atoms with E-state index in [0.717, 1.165) is 25.3 Å². The standard InChI is InChI=1S/C16H30N4O3/c1-5-17-14(20-12-10-11-6-7-13(12)22-11)18-8-9-19-15(21)23-16(2,3)4/h11-13H,5-10H2,1-4H3,(H,19,21)(H2,17,18,20). The van der Waals surface area contributed by atoms with Gasteiger partial charge in [0.2, 0.25) is 0 Å². The molecule has 7 nitrogen and oxygen atoms in total. The zero-order chi connectivity index (χ0) is 16.9. The number of aliphatic imine (C=N–C) groups is 1. The van der Waals surface area contributed by atoms with Gasteiger partial charge in [0.1, 0.15) is 5.60 Å². The Hall–Kier alpha value is -1.50. The number of fused-ring (bicyclic) bond motifs is 2. The number of carbonyl (C=O) groups excluding carboxylic acids is 1. The molecule has 0 radical (unpaired) electrons. The lowest BCUT2D eigenvalue weighted by molar-refractivity contribution is 0.0529. The summed E-state index contributed by atoms with van der Waals surface area (Å²) in [4.78, 5) is 16.1. The third-order valence-electron chi connectivity index (χ3n) is 3.82. The Bertz CT molecular complexity index is 434. The highest BCUT2D eigenvalue weighted by Gasteiger charge is 2.41. The lowest BCUT2D eigenvalue weighted by Crippen LogP contribution is -2.47. The number of nitrogens with zero attached hydrogens (tertiary/aromatic N) is 1. The summed E-state index contributed by atoms with van der Waals surface area (Å²) in [5.74, 6) is 0.777. The van der Waals surface area contributed by atoms with Crippen LogP contribution < -0.4 is 16.0 Å². The van der Waals surface area contributed by atoms with Crippen molar-refractivity contribution in [3.05, 3.63) is 0 Å². The van der Waals surface area contributed by atoms with Gasteiger partial charge < -0.3 is 25.4 Å². The molecule has 0 aromatic carbocycles. The summed E-state index contributed by atoms with van der Waals surface area (Å²) in [5.41, 5.74) is -0.481. The third-order valence-corrected chi connectivity index (χ3v) is 3.82. The largest absolute Gasteiger partial charge is 0.444 e. The fourth-order valence-electron chi connectivity index (χ4n) is 2.93. The molecule has 1 amide bonds. The number of ether oxygens (including phenoxy) is 2. The zero-order valence-electron chi connectivity index (χ0n) is 14.6. The number of rotatable bonds is 5. The molecule has 2 heterocycles. The Labute approximate surface area is 138 Å². The molecule has 23 heavy (non-hydrogen) atoms. The maximum Gasteiger partial charge on any atom is 0.407 e. The molecule has 132 valence electrons. The van der Waals surface area contributed by atoms with Gasteiger partial charge in [-0.25, -0.2) is 4.79 Å². The van der Waals surface area contributed by atoms with E-state index in [-0.39, 0.29) is 0 Å². The summed E-state index contributed by atoms with van der Waals surface area (Å²) in [6.45, 7) is 9.30. The van der Waals surface area contributed by atoms with Gasteiger partial charge >= 0.3 is 6.09 Å². The minimum Gasteiger partial charge on any atom is -0.444 e. The summed E-state index contributed by atoms with van der Waals surface area (Å²) >= 11 is 0. The van der Waals surface area contributed by atoms with Crippen molar-refractivity contribution < 1.29 is 14.3 Å². The Morgan fingerprint density at radius 3 is 2.65 bits per heavy atom. The number of amides is 1. The Morgan fingerprint density at radius 2 is 2.09 bits per heavy atom. The van der Waals surface area contributed by atoms with Gasteiger partial charge in [0.15, 0.2) is 5.96 Å². The molecule has 3 N–H and O–H groups in total. The van der Waals surface area contributed by atoms with Crippen molar-refractivity contribution in [2.24, 2.45) is 4.99 Å². The van der Waals surface area contributed by atoms with E-state index in [2.05, 4.69) is 20.9 Å². The monoisotopic (exact) mass is 326 g/mol. The average Bonchev–Trinajstić information content (AvgIpc) is 3.04. The van der Waals surface area contributed by atoms with Crippen LogP contribution in [-0.4, -0.2) is 55.5 Å². The molecule has 3 atom stereocenters. The highest BCUT2D eigenvalue weighted by Crippen LogP contribution is 2.34. The number of hydrogen-bond acceptors (Lipinski definition) is 4. The van der Waals surface area contributed by atoms with E-state index in [1.165, 1.54) is 6.42 Å². The first-order valence-corrected chi connectivity index (χ1v) is 8.54. The predicted molar refractivity (Wildman–Crippen MR) is 89.7 cm³/mol. The second kappa shape index (κ2) is 7.86. The number of guanidine groups is 1. The van der Waals surface area contributed by atoms with Crippen LogP contribution in [0.5, 0.6) is 0 Å². The van der Waals surface area contributed by atoms with E-state index in [9.17, 15) is 4.79 Å². The second-order valence-corrected chi connectivity index (χ2v) is 7.05. The highest BCUT2D eigenvalue weighted by molar-refractivity contribution is 5.80. The van der Waals surface area contributed by atoms with Crippen molar-refractivity contribution in [3.63, 3.8) is 0 Å². The van der Waals surface area contributed by atoms with Crippen molar-refractivity contribution in [1.29, 1.82) is 0 Å². The lowest BCUT2D eigenvalue weighted by Gasteiger charge is -2.22. The minimum atomic E-state index is -0.481.